The van der Waals surface area contributed by atoms with E-state index in [1.165, 1.54) is 14.2 Å². The SMILES string of the molecule is CNC(=O)C(=NOC)c1ccccc1C(C)ONCC=Cc1c(Cl)cccc1Cl. The van der Waals surface area contributed by atoms with Crippen LogP contribution in [-0.2, 0) is 14.5 Å². The maximum absolute atomic E-state index is 12.2. The quantitative estimate of drug-likeness (QED) is 0.348. The normalized spacial score (nSPS) is 12.8. The number of hydrogen-bond donors (Lipinski definition) is 2. The van der Waals surface area contributed by atoms with E-state index in [-0.39, 0.29) is 17.7 Å². The number of nitrogens with zero attached hydrogens (tertiary/aromatic N) is 1. The van der Waals surface area contributed by atoms with Crippen LogP contribution in [0, 0.1) is 0 Å². The molecule has 0 heterocycles. The van der Waals surface area contributed by atoms with E-state index in [2.05, 4.69) is 16.0 Å². The molecule has 2 N–H and O–H groups in total. The second-order valence-corrected chi connectivity index (χ2v) is 6.75. The van der Waals surface area contributed by atoms with Gasteiger partial charge >= 0.3 is 0 Å². The molecule has 1 unspecified atom stereocenters. The van der Waals surface area contributed by atoms with Gasteiger partial charge in [-0.1, -0.05) is 70.8 Å². The highest BCUT2D eigenvalue weighted by molar-refractivity contribution is 6.45. The fourth-order valence-corrected chi connectivity index (χ4v) is 3.14. The number of hydrogen-bond acceptors (Lipinski definition) is 5. The number of hydroxylamine groups is 1. The molecular weight excluding hydrogens is 413 g/mol. The standard InChI is InChI=1S/C21H23Cl2N3O3/c1-14(29-25-13-7-10-17-18(22)11-6-12-19(17)23)15-8-4-5-9-16(15)20(26-28-3)21(27)24-2/h4-12,14,25H,13H2,1-3H3,(H,24,27). The summed E-state index contributed by atoms with van der Waals surface area (Å²) in [7, 11) is 2.93. The van der Waals surface area contributed by atoms with Crippen molar-refractivity contribution in [2.45, 2.75) is 13.0 Å². The summed E-state index contributed by atoms with van der Waals surface area (Å²) >= 11 is 12.3. The summed E-state index contributed by atoms with van der Waals surface area (Å²) in [5.41, 5.74) is 5.23. The first kappa shape index (κ1) is 22.9. The smallest absolute Gasteiger partial charge is 0.273 e. The van der Waals surface area contributed by atoms with Gasteiger partial charge in [0.1, 0.15) is 13.2 Å². The number of carbonyl (C=O) groups excluding carboxylic acids is 1. The number of carbonyl (C=O) groups is 1. The molecular formula is C21H23Cl2N3O3. The Hall–Kier alpha value is -2.38. The molecule has 0 saturated heterocycles. The first-order valence-corrected chi connectivity index (χ1v) is 9.66. The van der Waals surface area contributed by atoms with Gasteiger partial charge < -0.3 is 10.2 Å². The largest absolute Gasteiger partial charge is 0.398 e. The molecule has 0 bridgehead atoms. The monoisotopic (exact) mass is 435 g/mol. The molecule has 2 aromatic carbocycles. The van der Waals surface area contributed by atoms with Crippen LogP contribution in [-0.4, -0.2) is 32.3 Å². The van der Waals surface area contributed by atoms with Gasteiger partial charge in [0, 0.05) is 34.8 Å². The Balaban J connectivity index is 2.05. The van der Waals surface area contributed by atoms with Crippen LogP contribution >= 0.6 is 23.2 Å². The molecule has 0 aliphatic carbocycles. The minimum absolute atomic E-state index is 0.175. The lowest BCUT2D eigenvalue weighted by Gasteiger charge is -2.17. The first-order valence-electron chi connectivity index (χ1n) is 8.91. The molecule has 0 fully saturated rings. The van der Waals surface area contributed by atoms with E-state index in [1.807, 2.05) is 37.3 Å². The highest BCUT2D eigenvalue weighted by Crippen LogP contribution is 2.25. The Labute approximate surface area is 180 Å². The minimum Gasteiger partial charge on any atom is -0.398 e. The topological polar surface area (TPSA) is 72.0 Å². The van der Waals surface area contributed by atoms with Crippen molar-refractivity contribution in [1.29, 1.82) is 0 Å². The highest BCUT2D eigenvalue weighted by atomic mass is 35.5. The zero-order valence-electron chi connectivity index (χ0n) is 16.4. The lowest BCUT2D eigenvalue weighted by molar-refractivity contribution is -0.114. The van der Waals surface area contributed by atoms with Gasteiger partial charge in [-0.25, -0.2) is 0 Å². The van der Waals surface area contributed by atoms with Crippen molar-refractivity contribution in [2.75, 3.05) is 20.7 Å². The number of likely N-dealkylation sites (N-methyl/N-ethyl adjacent to an activating group) is 1. The van der Waals surface area contributed by atoms with Gasteiger partial charge in [0.2, 0.25) is 0 Å². The molecule has 0 aliphatic rings. The van der Waals surface area contributed by atoms with E-state index >= 15 is 0 Å². The average Bonchev–Trinajstić information content (AvgIpc) is 2.73. The Morgan fingerprint density at radius 1 is 1.17 bits per heavy atom. The van der Waals surface area contributed by atoms with Crippen LogP contribution < -0.4 is 10.8 Å². The van der Waals surface area contributed by atoms with E-state index < -0.39 is 0 Å². The summed E-state index contributed by atoms with van der Waals surface area (Å²) in [6.07, 6.45) is 3.33. The molecule has 6 nitrogen and oxygen atoms in total. The first-order chi connectivity index (χ1) is 14.0. The van der Waals surface area contributed by atoms with Gasteiger partial charge in [0.25, 0.3) is 5.91 Å². The van der Waals surface area contributed by atoms with Crippen molar-refractivity contribution in [2.24, 2.45) is 5.16 Å². The number of oxime groups is 1. The van der Waals surface area contributed by atoms with E-state index in [1.54, 1.807) is 24.3 Å². The second kappa shape index (κ2) is 11.6. The molecule has 2 aromatic rings. The van der Waals surface area contributed by atoms with Gasteiger partial charge in [-0.05, 0) is 24.6 Å². The van der Waals surface area contributed by atoms with Crippen molar-refractivity contribution in [1.82, 2.24) is 10.8 Å². The maximum Gasteiger partial charge on any atom is 0.273 e. The van der Waals surface area contributed by atoms with Crippen molar-refractivity contribution in [3.05, 3.63) is 75.3 Å². The summed E-state index contributed by atoms with van der Waals surface area (Å²) in [6.45, 7) is 2.30. The van der Waals surface area contributed by atoms with Crippen molar-refractivity contribution >= 4 is 40.9 Å². The summed E-state index contributed by atoms with van der Waals surface area (Å²) in [6, 6.07) is 12.7. The van der Waals surface area contributed by atoms with Crippen molar-refractivity contribution in [3.63, 3.8) is 0 Å². The van der Waals surface area contributed by atoms with Crippen molar-refractivity contribution in [3.8, 4) is 0 Å². The molecule has 29 heavy (non-hydrogen) atoms. The molecule has 1 amide bonds. The Morgan fingerprint density at radius 3 is 2.52 bits per heavy atom. The summed E-state index contributed by atoms with van der Waals surface area (Å²) in [5.74, 6) is -0.348. The molecule has 0 aromatic heterocycles. The van der Waals surface area contributed by atoms with Gasteiger partial charge in [0.15, 0.2) is 5.71 Å². The average molecular weight is 436 g/mol. The number of nitrogens with one attached hydrogen (secondary N) is 2. The van der Waals surface area contributed by atoms with E-state index in [4.69, 9.17) is 32.9 Å². The van der Waals surface area contributed by atoms with Crippen LogP contribution in [0.2, 0.25) is 10.0 Å². The molecule has 154 valence electrons. The van der Waals surface area contributed by atoms with Crippen LogP contribution in [0.25, 0.3) is 6.08 Å². The molecule has 0 saturated carbocycles. The van der Waals surface area contributed by atoms with Crippen molar-refractivity contribution < 1.29 is 14.5 Å². The molecule has 2 rings (SSSR count). The fraction of sp³-hybridized carbons (Fsp3) is 0.238. The molecule has 0 radical (unpaired) electrons. The van der Waals surface area contributed by atoms with E-state index in [0.717, 1.165) is 11.1 Å². The van der Waals surface area contributed by atoms with Crippen LogP contribution in [0.1, 0.15) is 29.7 Å². The minimum atomic E-state index is -0.352. The highest BCUT2D eigenvalue weighted by Gasteiger charge is 2.20. The van der Waals surface area contributed by atoms with Crippen LogP contribution in [0.15, 0.2) is 53.7 Å². The lowest BCUT2D eigenvalue weighted by atomic mass is 9.99. The number of rotatable bonds is 9. The molecule has 0 aliphatic heterocycles. The Morgan fingerprint density at radius 2 is 1.86 bits per heavy atom. The summed E-state index contributed by atoms with van der Waals surface area (Å²) < 4.78 is 0. The van der Waals surface area contributed by atoms with Gasteiger partial charge in [0.05, 0.1) is 0 Å². The maximum atomic E-state index is 12.2. The molecule has 0 spiro atoms. The molecule has 1 atom stereocenters. The summed E-state index contributed by atoms with van der Waals surface area (Å²) in [5, 5.41) is 7.58. The van der Waals surface area contributed by atoms with Gasteiger partial charge in [-0.2, -0.15) is 5.48 Å². The third kappa shape index (κ3) is 6.30. The van der Waals surface area contributed by atoms with Crippen LogP contribution in [0.5, 0.6) is 0 Å². The number of halogens is 2. The Bertz CT molecular complexity index is 880. The zero-order valence-corrected chi connectivity index (χ0v) is 17.9. The van der Waals surface area contributed by atoms with E-state index in [0.29, 0.717) is 22.2 Å². The zero-order chi connectivity index (χ0) is 21.2. The number of benzene rings is 2. The third-order valence-electron chi connectivity index (χ3n) is 4.02. The molecule has 8 heteroatoms. The van der Waals surface area contributed by atoms with E-state index in [9.17, 15) is 4.79 Å². The van der Waals surface area contributed by atoms with Gasteiger partial charge in [-0.15, -0.1) is 0 Å². The van der Waals surface area contributed by atoms with Crippen LogP contribution in [0.4, 0.5) is 0 Å². The summed E-state index contributed by atoms with van der Waals surface area (Å²) in [4.78, 5) is 22.7. The lowest BCUT2D eigenvalue weighted by Crippen LogP contribution is -2.30. The van der Waals surface area contributed by atoms with Crippen LogP contribution in [0.3, 0.4) is 0 Å². The predicted octanol–water partition coefficient (Wildman–Crippen LogP) is 4.39. The van der Waals surface area contributed by atoms with Gasteiger partial charge in [-0.3, -0.25) is 9.63 Å². The Kier molecular flexibility index (Phi) is 9.15. The second-order valence-electron chi connectivity index (χ2n) is 5.94. The number of amides is 1. The predicted molar refractivity (Wildman–Crippen MR) is 117 cm³/mol. The third-order valence-corrected chi connectivity index (χ3v) is 4.68. The fourth-order valence-electron chi connectivity index (χ4n) is 2.62.